The molecule has 0 spiro atoms. The minimum absolute atomic E-state index is 0.165. The third kappa shape index (κ3) is 5.64. The molecule has 2 heterocycles. The number of ketones is 1. The van der Waals surface area contributed by atoms with Crippen molar-refractivity contribution in [2.45, 2.75) is 25.3 Å². The maximum atomic E-state index is 13.6. The van der Waals surface area contributed by atoms with E-state index in [0.29, 0.717) is 25.8 Å². The zero-order chi connectivity index (χ0) is 18.1. The number of carbonyl (C=O) groups is 2. The van der Waals surface area contributed by atoms with Crippen molar-refractivity contribution in [3.63, 3.8) is 0 Å². The lowest BCUT2D eigenvalue weighted by Crippen LogP contribution is -2.43. The number of nitrogens with zero attached hydrogens (tertiary/aromatic N) is 2. The minimum atomic E-state index is -0.896. The van der Waals surface area contributed by atoms with Crippen LogP contribution >= 0.6 is 0 Å². The van der Waals surface area contributed by atoms with Crippen LogP contribution in [0.1, 0.15) is 29.6 Å². The lowest BCUT2D eigenvalue weighted by molar-refractivity contribution is -0.123. The van der Waals surface area contributed by atoms with Gasteiger partial charge in [-0.1, -0.05) is 0 Å². The summed E-state index contributed by atoms with van der Waals surface area (Å²) in [4.78, 5) is 28.0. The zero-order valence-electron chi connectivity index (χ0n) is 13.5. The summed E-state index contributed by atoms with van der Waals surface area (Å²) in [6.45, 7) is 0.178. The van der Waals surface area contributed by atoms with Crippen LogP contribution in [0, 0.1) is 5.95 Å². The SMILES string of the molecule is NCCCC[C@H](NC(=O)c1cccnc1F)C(=O)COc1ccon1. The average molecular weight is 350 g/mol. The standard InChI is InChI=1S/C16H19FN4O4/c17-15-11(4-3-8-19-15)16(23)20-12(5-1-2-7-18)13(22)10-24-14-6-9-25-21-14/h3-4,6,8-9,12H,1-2,5,7,10,18H2,(H,20,23)/t12-/m0/s1. The first kappa shape index (κ1) is 18.5. The summed E-state index contributed by atoms with van der Waals surface area (Å²) in [5, 5.41) is 6.06. The summed E-state index contributed by atoms with van der Waals surface area (Å²) in [7, 11) is 0. The normalized spacial score (nSPS) is 11.8. The second-order valence-electron chi connectivity index (χ2n) is 5.24. The van der Waals surface area contributed by atoms with Crippen LogP contribution in [0.5, 0.6) is 5.88 Å². The van der Waals surface area contributed by atoms with Crippen LogP contribution in [0.25, 0.3) is 0 Å². The predicted molar refractivity (Wildman–Crippen MR) is 85.4 cm³/mol. The zero-order valence-corrected chi connectivity index (χ0v) is 13.5. The van der Waals surface area contributed by atoms with Crippen LogP contribution in [0.2, 0.25) is 0 Å². The van der Waals surface area contributed by atoms with Gasteiger partial charge in [-0.25, -0.2) is 4.98 Å². The number of ether oxygens (including phenoxy) is 1. The molecule has 2 aromatic rings. The van der Waals surface area contributed by atoms with Crippen molar-refractivity contribution in [1.29, 1.82) is 0 Å². The molecule has 1 amide bonds. The Balaban J connectivity index is 1.99. The maximum absolute atomic E-state index is 13.6. The van der Waals surface area contributed by atoms with E-state index in [0.717, 1.165) is 0 Å². The van der Waals surface area contributed by atoms with E-state index in [2.05, 4.69) is 20.0 Å². The third-order valence-electron chi connectivity index (χ3n) is 3.42. The second-order valence-corrected chi connectivity index (χ2v) is 5.24. The van der Waals surface area contributed by atoms with Gasteiger partial charge in [0.05, 0.1) is 11.6 Å². The number of hydrogen-bond donors (Lipinski definition) is 2. The number of Topliss-reactive ketones (excluding diaryl/α,β-unsaturated/α-hetero) is 1. The lowest BCUT2D eigenvalue weighted by Gasteiger charge is -2.17. The van der Waals surface area contributed by atoms with E-state index in [1.165, 1.54) is 30.7 Å². The quantitative estimate of drug-likeness (QED) is 0.486. The molecular weight excluding hydrogens is 331 g/mol. The molecule has 0 aliphatic heterocycles. The Hall–Kier alpha value is -2.81. The van der Waals surface area contributed by atoms with E-state index < -0.39 is 17.9 Å². The summed E-state index contributed by atoms with van der Waals surface area (Å²) < 4.78 is 23.4. The average Bonchev–Trinajstić information content (AvgIpc) is 3.12. The topological polar surface area (TPSA) is 120 Å². The summed E-state index contributed by atoms with van der Waals surface area (Å²) in [6.07, 6.45) is 4.25. The monoisotopic (exact) mass is 350 g/mol. The highest BCUT2D eigenvalue weighted by molar-refractivity contribution is 5.98. The Morgan fingerprint density at radius 1 is 1.36 bits per heavy atom. The van der Waals surface area contributed by atoms with E-state index >= 15 is 0 Å². The van der Waals surface area contributed by atoms with Gasteiger partial charge in [-0.3, -0.25) is 9.59 Å². The number of nitrogens with one attached hydrogen (secondary N) is 1. The fourth-order valence-electron chi connectivity index (χ4n) is 2.12. The fraction of sp³-hybridized carbons (Fsp3) is 0.375. The van der Waals surface area contributed by atoms with Crippen molar-refractivity contribution in [3.05, 3.63) is 42.2 Å². The van der Waals surface area contributed by atoms with Crippen molar-refractivity contribution in [2.75, 3.05) is 13.2 Å². The number of aromatic nitrogens is 2. The molecule has 134 valence electrons. The highest BCUT2D eigenvalue weighted by atomic mass is 19.1. The largest absolute Gasteiger partial charge is 0.467 e. The Bertz CT molecular complexity index is 693. The molecule has 25 heavy (non-hydrogen) atoms. The molecule has 2 rings (SSSR count). The maximum Gasteiger partial charge on any atom is 0.256 e. The first-order valence-electron chi connectivity index (χ1n) is 7.79. The van der Waals surface area contributed by atoms with E-state index in [-0.39, 0.29) is 23.8 Å². The van der Waals surface area contributed by atoms with Crippen LogP contribution in [0.4, 0.5) is 4.39 Å². The smallest absolute Gasteiger partial charge is 0.256 e. The number of unbranched alkanes of at least 4 members (excludes halogenated alkanes) is 1. The lowest BCUT2D eigenvalue weighted by atomic mass is 10.0. The highest BCUT2D eigenvalue weighted by Crippen LogP contribution is 2.09. The molecule has 3 N–H and O–H groups in total. The minimum Gasteiger partial charge on any atom is -0.467 e. The van der Waals surface area contributed by atoms with Gasteiger partial charge >= 0.3 is 0 Å². The molecular formula is C16H19FN4O4. The number of hydrogen-bond acceptors (Lipinski definition) is 7. The number of carbonyl (C=O) groups excluding carboxylic acids is 2. The van der Waals surface area contributed by atoms with Gasteiger partial charge in [0.2, 0.25) is 5.95 Å². The Morgan fingerprint density at radius 3 is 2.88 bits per heavy atom. The molecule has 0 radical (unpaired) electrons. The van der Waals surface area contributed by atoms with Gasteiger partial charge in [0.25, 0.3) is 11.8 Å². The second kappa shape index (κ2) is 9.48. The number of nitrogens with two attached hydrogens (primary N) is 1. The van der Waals surface area contributed by atoms with Gasteiger partial charge < -0.3 is 20.3 Å². The van der Waals surface area contributed by atoms with Crippen LogP contribution in [-0.2, 0) is 4.79 Å². The summed E-state index contributed by atoms with van der Waals surface area (Å²) in [5.41, 5.74) is 5.23. The Kier molecular flexibility index (Phi) is 7.02. The number of pyridine rings is 1. The van der Waals surface area contributed by atoms with Crippen molar-refractivity contribution in [2.24, 2.45) is 5.73 Å². The van der Waals surface area contributed by atoms with Crippen LogP contribution < -0.4 is 15.8 Å². The van der Waals surface area contributed by atoms with E-state index in [9.17, 15) is 14.0 Å². The molecule has 0 saturated heterocycles. The van der Waals surface area contributed by atoms with Crippen molar-refractivity contribution < 1.29 is 23.2 Å². The molecule has 2 aromatic heterocycles. The van der Waals surface area contributed by atoms with Gasteiger partial charge in [-0.2, -0.15) is 4.39 Å². The summed E-state index contributed by atoms with van der Waals surface area (Å²) in [5.74, 6) is -1.80. The van der Waals surface area contributed by atoms with Crippen LogP contribution in [-0.4, -0.2) is 41.0 Å². The van der Waals surface area contributed by atoms with Gasteiger partial charge in [0.15, 0.2) is 12.4 Å². The number of rotatable bonds is 10. The Labute approximate surface area is 143 Å². The number of halogens is 1. The van der Waals surface area contributed by atoms with Crippen molar-refractivity contribution in [3.8, 4) is 5.88 Å². The third-order valence-corrected chi connectivity index (χ3v) is 3.42. The van der Waals surface area contributed by atoms with E-state index in [1.54, 1.807) is 0 Å². The predicted octanol–water partition coefficient (Wildman–Crippen LogP) is 1.08. The Morgan fingerprint density at radius 2 is 2.20 bits per heavy atom. The molecule has 8 nitrogen and oxygen atoms in total. The molecule has 9 heteroatoms. The van der Waals surface area contributed by atoms with Gasteiger partial charge in [-0.05, 0) is 43.1 Å². The molecule has 0 aromatic carbocycles. The van der Waals surface area contributed by atoms with Crippen molar-refractivity contribution >= 4 is 11.7 Å². The molecule has 0 bridgehead atoms. The van der Waals surface area contributed by atoms with E-state index in [4.69, 9.17) is 10.5 Å². The molecule has 0 fully saturated rings. The first-order chi connectivity index (χ1) is 12.1. The molecule has 0 saturated carbocycles. The van der Waals surface area contributed by atoms with Crippen LogP contribution in [0.15, 0.2) is 35.2 Å². The van der Waals surface area contributed by atoms with Gasteiger partial charge in [0.1, 0.15) is 6.26 Å². The van der Waals surface area contributed by atoms with Gasteiger partial charge in [0, 0.05) is 12.3 Å². The molecule has 0 unspecified atom stereocenters. The number of amides is 1. The van der Waals surface area contributed by atoms with E-state index in [1.807, 2.05) is 0 Å². The molecule has 0 aliphatic carbocycles. The first-order valence-corrected chi connectivity index (χ1v) is 7.79. The molecule has 1 atom stereocenters. The van der Waals surface area contributed by atoms with Gasteiger partial charge in [-0.15, -0.1) is 0 Å². The summed E-state index contributed by atoms with van der Waals surface area (Å²) in [6, 6.07) is 3.37. The fourth-order valence-corrected chi connectivity index (χ4v) is 2.12. The highest BCUT2D eigenvalue weighted by Gasteiger charge is 2.23. The molecule has 0 aliphatic rings. The van der Waals surface area contributed by atoms with Crippen LogP contribution in [0.3, 0.4) is 0 Å². The summed E-state index contributed by atoms with van der Waals surface area (Å²) >= 11 is 0. The van der Waals surface area contributed by atoms with Crippen molar-refractivity contribution in [1.82, 2.24) is 15.5 Å².